The Morgan fingerprint density at radius 1 is 1.30 bits per heavy atom. The number of non-ortho nitro benzene ring substituents is 1. The van der Waals surface area contributed by atoms with Gasteiger partial charge in [0, 0.05) is 26.5 Å². The number of nitro benzene ring substituents is 1. The van der Waals surface area contributed by atoms with Gasteiger partial charge in [0.2, 0.25) is 0 Å². The van der Waals surface area contributed by atoms with Gasteiger partial charge in [-0.1, -0.05) is 49.5 Å². The van der Waals surface area contributed by atoms with Gasteiger partial charge < -0.3 is 4.74 Å². The molecule has 0 unspecified atom stereocenters. The first-order valence-corrected chi connectivity index (χ1v) is 7.76. The molecule has 2 rings (SSSR count). The van der Waals surface area contributed by atoms with Gasteiger partial charge in [0.05, 0.1) is 11.0 Å². The number of halogens is 3. The number of ether oxygens (including phenoxy) is 1. The van der Waals surface area contributed by atoms with Crippen LogP contribution in [0.15, 0.2) is 40.9 Å². The molecular formula is C13H8Br2ClNO3. The summed E-state index contributed by atoms with van der Waals surface area (Å²) in [7, 11) is 0. The number of nitro groups is 1. The highest BCUT2D eigenvalue weighted by molar-refractivity contribution is 9.10. The van der Waals surface area contributed by atoms with Crippen LogP contribution < -0.4 is 4.74 Å². The third-order valence-electron chi connectivity index (χ3n) is 2.50. The molecule has 0 aliphatic heterocycles. The van der Waals surface area contributed by atoms with E-state index in [1.54, 1.807) is 24.3 Å². The molecule has 0 heterocycles. The van der Waals surface area contributed by atoms with Gasteiger partial charge in [-0.2, -0.15) is 0 Å². The summed E-state index contributed by atoms with van der Waals surface area (Å²) in [6.07, 6.45) is 0. The molecule has 0 fully saturated rings. The monoisotopic (exact) mass is 419 g/mol. The molecule has 0 aliphatic carbocycles. The highest BCUT2D eigenvalue weighted by Crippen LogP contribution is 2.34. The fraction of sp³-hybridized carbons (Fsp3) is 0.0769. The maximum Gasteiger partial charge on any atom is 0.274 e. The summed E-state index contributed by atoms with van der Waals surface area (Å²) >= 11 is 12.6. The lowest BCUT2D eigenvalue weighted by atomic mass is 10.2. The van der Waals surface area contributed by atoms with E-state index in [0.717, 1.165) is 5.56 Å². The van der Waals surface area contributed by atoms with Crippen molar-refractivity contribution in [1.82, 2.24) is 0 Å². The van der Waals surface area contributed by atoms with Crippen LogP contribution in [0.2, 0.25) is 5.02 Å². The maximum atomic E-state index is 10.8. The Hall–Kier alpha value is -1.11. The van der Waals surface area contributed by atoms with E-state index in [0.29, 0.717) is 26.3 Å². The lowest BCUT2D eigenvalue weighted by Crippen LogP contribution is -1.93. The first-order chi connectivity index (χ1) is 9.51. The Bertz CT molecular complexity index is 664. The zero-order valence-electron chi connectivity index (χ0n) is 9.98. The van der Waals surface area contributed by atoms with Crippen molar-refractivity contribution in [3.05, 3.63) is 61.6 Å². The van der Waals surface area contributed by atoms with Gasteiger partial charge in [-0.05, 0) is 18.2 Å². The van der Waals surface area contributed by atoms with Crippen molar-refractivity contribution in [2.45, 2.75) is 5.33 Å². The number of nitrogens with zero attached hydrogens (tertiary/aromatic N) is 1. The maximum absolute atomic E-state index is 10.8. The van der Waals surface area contributed by atoms with E-state index in [4.69, 9.17) is 16.3 Å². The molecule has 0 aliphatic rings. The first-order valence-electron chi connectivity index (χ1n) is 5.47. The van der Waals surface area contributed by atoms with E-state index in [1.165, 1.54) is 12.1 Å². The van der Waals surface area contributed by atoms with Gasteiger partial charge in [0.1, 0.15) is 11.5 Å². The Labute approximate surface area is 137 Å². The Morgan fingerprint density at radius 3 is 2.70 bits per heavy atom. The van der Waals surface area contributed by atoms with Crippen LogP contribution in [0.1, 0.15) is 5.56 Å². The molecule has 0 aromatic heterocycles. The van der Waals surface area contributed by atoms with Gasteiger partial charge in [-0.25, -0.2) is 0 Å². The first kappa shape index (κ1) is 15.3. The van der Waals surface area contributed by atoms with Crippen molar-refractivity contribution in [2.75, 3.05) is 0 Å². The van der Waals surface area contributed by atoms with Gasteiger partial charge >= 0.3 is 0 Å². The van der Waals surface area contributed by atoms with Crippen LogP contribution in [0.4, 0.5) is 5.69 Å². The minimum Gasteiger partial charge on any atom is -0.457 e. The number of hydrogen-bond acceptors (Lipinski definition) is 3. The predicted octanol–water partition coefficient (Wildman–Crippen LogP) is 5.70. The third kappa shape index (κ3) is 3.50. The zero-order valence-corrected chi connectivity index (χ0v) is 13.9. The Morgan fingerprint density at radius 2 is 2.05 bits per heavy atom. The summed E-state index contributed by atoms with van der Waals surface area (Å²) in [5.74, 6) is 0.928. The lowest BCUT2D eigenvalue weighted by Gasteiger charge is -2.11. The smallest absolute Gasteiger partial charge is 0.274 e. The van der Waals surface area contributed by atoms with Gasteiger partial charge in [0.25, 0.3) is 5.69 Å². The van der Waals surface area contributed by atoms with Crippen molar-refractivity contribution in [2.24, 2.45) is 0 Å². The fourth-order valence-corrected chi connectivity index (χ4v) is 3.04. The average molecular weight is 421 g/mol. The molecule has 104 valence electrons. The van der Waals surface area contributed by atoms with Crippen LogP contribution in [0.25, 0.3) is 0 Å². The molecule has 2 aromatic rings. The van der Waals surface area contributed by atoms with Crippen molar-refractivity contribution < 1.29 is 9.66 Å². The summed E-state index contributed by atoms with van der Waals surface area (Å²) in [4.78, 5) is 10.4. The van der Waals surface area contributed by atoms with Crippen molar-refractivity contribution in [3.63, 3.8) is 0 Å². The highest BCUT2D eigenvalue weighted by atomic mass is 79.9. The van der Waals surface area contributed by atoms with Crippen LogP contribution in [0.3, 0.4) is 0 Å². The minimum atomic E-state index is -0.471. The van der Waals surface area contributed by atoms with E-state index in [-0.39, 0.29) is 5.69 Å². The number of benzene rings is 2. The molecule has 0 bridgehead atoms. The van der Waals surface area contributed by atoms with Gasteiger partial charge in [-0.3, -0.25) is 10.1 Å². The second-order valence-corrected chi connectivity index (χ2v) is 5.74. The summed E-state index contributed by atoms with van der Waals surface area (Å²) < 4.78 is 6.28. The number of rotatable bonds is 4. The van der Waals surface area contributed by atoms with Gasteiger partial charge in [-0.15, -0.1) is 0 Å². The molecule has 0 atom stereocenters. The van der Waals surface area contributed by atoms with Crippen LogP contribution in [0, 0.1) is 10.1 Å². The molecule has 0 N–H and O–H groups in total. The minimum absolute atomic E-state index is 0.0446. The molecule has 4 nitrogen and oxygen atoms in total. The summed E-state index contributed by atoms with van der Waals surface area (Å²) in [5.41, 5.74) is 0.744. The Balaban J connectivity index is 2.40. The second kappa shape index (κ2) is 6.56. The average Bonchev–Trinajstić information content (AvgIpc) is 2.38. The predicted molar refractivity (Wildman–Crippen MR) is 85.0 cm³/mol. The van der Waals surface area contributed by atoms with Crippen molar-refractivity contribution >= 4 is 49.1 Å². The van der Waals surface area contributed by atoms with Crippen molar-refractivity contribution in [3.8, 4) is 11.5 Å². The molecule has 0 radical (unpaired) electrons. The van der Waals surface area contributed by atoms with E-state index >= 15 is 0 Å². The normalized spacial score (nSPS) is 10.3. The molecule has 0 amide bonds. The van der Waals surface area contributed by atoms with Gasteiger partial charge in [0.15, 0.2) is 0 Å². The molecular weight excluding hydrogens is 413 g/mol. The summed E-state index contributed by atoms with van der Waals surface area (Å²) in [5, 5.41) is 11.9. The number of hydrogen-bond donors (Lipinski definition) is 0. The third-order valence-corrected chi connectivity index (χ3v) is 3.88. The van der Waals surface area contributed by atoms with E-state index in [2.05, 4.69) is 31.9 Å². The van der Waals surface area contributed by atoms with E-state index < -0.39 is 4.92 Å². The second-order valence-electron chi connectivity index (χ2n) is 3.85. The molecule has 7 heteroatoms. The van der Waals surface area contributed by atoms with Crippen LogP contribution in [-0.2, 0) is 5.33 Å². The summed E-state index contributed by atoms with van der Waals surface area (Å²) in [6.45, 7) is 0. The quantitative estimate of drug-likeness (QED) is 0.362. The van der Waals surface area contributed by atoms with Crippen LogP contribution in [0.5, 0.6) is 11.5 Å². The molecule has 0 saturated carbocycles. The molecule has 0 saturated heterocycles. The topological polar surface area (TPSA) is 52.4 Å². The van der Waals surface area contributed by atoms with Crippen LogP contribution >= 0.6 is 43.5 Å². The van der Waals surface area contributed by atoms with Crippen LogP contribution in [-0.4, -0.2) is 4.92 Å². The highest BCUT2D eigenvalue weighted by Gasteiger charge is 2.12. The molecule has 0 spiro atoms. The van der Waals surface area contributed by atoms with E-state index in [9.17, 15) is 10.1 Å². The number of alkyl halides is 1. The van der Waals surface area contributed by atoms with Crippen molar-refractivity contribution in [1.29, 1.82) is 0 Å². The molecule has 20 heavy (non-hydrogen) atoms. The standard InChI is InChI=1S/C13H8Br2ClNO3/c14-7-11-12(16)2-1-3-13(11)20-10-5-8(15)4-9(6-10)17(18)19/h1-6H,7H2. The van der Waals surface area contributed by atoms with E-state index in [1.807, 2.05) is 0 Å². The molecule has 2 aromatic carbocycles. The summed E-state index contributed by atoms with van der Waals surface area (Å²) in [6, 6.07) is 9.71. The lowest BCUT2D eigenvalue weighted by molar-refractivity contribution is -0.385. The SMILES string of the molecule is O=[N+]([O-])c1cc(Br)cc(Oc2cccc(Cl)c2CBr)c1. The largest absolute Gasteiger partial charge is 0.457 e. The Kier molecular flexibility index (Phi) is 5.01. The zero-order chi connectivity index (χ0) is 14.7. The fourth-order valence-electron chi connectivity index (χ4n) is 1.60.